The van der Waals surface area contributed by atoms with Crippen LogP contribution in [0, 0.1) is 40.3 Å². The number of ether oxygens (including phenoxy) is 2. The zero-order chi connectivity index (χ0) is 35.2. The molecular formula is C43H58FN3O4. The number of H-pyrrole nitrogens is 1. The van der Waals surface area contributed by atoms with Gasteiger partial charge in [-0.2, -0.15) is 0 Å². The minimum absolute atomic E-state index is 0.0665. The van der Waals surface area contributed by atoms with Crippen LogP contribution in [-0.4, -0.2) is 61.1 Å². The van der Waals surface area contributed by atoms with Crippen LogP contribution in [0.5, 0.6) is 0 Å². The first-order chi connectivity index (χ1) is 24.7. The maximum atomic E-state index is 14.3. The first-order valence-electron chi connectivity index (χ1n) is 20.0. The molecular weight excluding hydrogens is 641 g/mol. The lowest BCUT2D eigenvalue weighted by Crippen LogP contribution is -2.54. The number of carbonyl (C=O) groups is 1. The maximum Gasteiger partial charge on any atom is 0.252 e. The van der Waals surface area contributed by atoms with Gasteiger partial charge in [0.15, 0.2) is 0 Å². The van der Waals surface area contributed by atoms with E-state index in [1.165, 1.54) is 62.6 Å². The molecule has 4 saturated carbocycles. The molecule has 51 heavy (non-hydrogen) atoms. The van der Waals surface area contributed by atoms with E-state index in [0.29, 0.717) is 41.0 Å². The molecule has 4 N–H and O–H groups in total. The highest BCUT2D eigenvalue weighted by Gasteiger charge is 2.60. The summed E-state index contributed by atoms with van der Waals surface area (Å²) in [4.78, 5) is 15.9. The Morgan fingerprint density at radius 2 is 1.75 bits per heavy atom. The average Bonchev–Trinajstić information content (AvgIpc) is 3.60. The standard InChI is InChI=1S/C43H58FN3O4/c1-42-16-13-31(48)23-29(42)9-10-32-35-11-12-38(43(35,2)17-14-36(32)42)51-22-4-21-50-20-3-18-45-26-27-5-7-28(8-6-27)40-33-15-19-46-41(49)34-24-30(44)25-37(47-40)39(33)34/h5-8,24-25,29,31-32,35-36,38,45,47-48H,3-4,9-23,26H2,1-2H3,(H,46,49)/t29-,31?,32-,35-,36-,38-,42-,43-/m0/s1. The number of hydrogen-bond donors (Lipinski definition) is 4. The molecule has 4 aliphatic carbocycles. The second kappa shape index (κ2) is 14.6. The van der Waals surface area contributed by atoms with Crippen molar-refractivity contribution in [2.75, 3.05) is 32.9 Å². The Labute approximate surface area is 302 Å². The monoisotopic (exact) mass is 699 g/mol. The molecule has 1 amide bonds. The van der Waals surface area contributed by atoms with E-state index in [9.17, 15) is 14.3 Å². The number of amides is 1. The Hall–Kier alpha value is -2.78. The number of hydrogen-bond acceptors (Lipinski definition) is 5. The van der Waals surface area contributed by atoms with Crippen molar-refractivity contribution in [1.29, 1.82) is 0 Å². The molecule has 3 aromatic rings. The first kappa shape index (κ1) is 35.3. The minimum atomic E-state index is -0.409. The van der Waals surface area contributed by atoms with Crippen molar-refractivity contribution in [2.24, 2.45) is 34.5 Å². The van der Waals surface area contributed by atoms with Crippen LogP contribution in [0.1, 0.15) is 106 Å². The highest BCUT2D eigenvalue weighted by Crippen LogP contribution is 2.66. The van der Waals surface area contributed by atoms with Gasteiger partial charge in [0, 0.05) is 49.5 Å². The summed E-state index contributed by atoms with van der Waals surface area (Å²) in [5.41, 5.74) is 6.09. The van der Waals surface area contributed by atoms with Crippen molar-refractivity contribution in [3.8, 4) is 11.3 Å². The van der Waals surface area contributed by atoms with Gasteiger partial charge >= 0.3 is 0 Å². The molecule has 0 bridgehead atoms. The summed E-state index contributed by atoms with van der Waals surface area (Å²) in [6.45, 7) is 9.62. The van der Waals surface area contributed by atoms with Crippen LogP contribution >= 0.6 is 0 Å². The summed E-state index contributed by atoms with van der Waals surface area (Å²) in [6, 6.07) is 11.3. The third-order valence-electron chi connectivity index (χ3n) is 14.4. The van der Waals surface area contributed by atoms with E-state index >= 15 is 0 Å². The van der Waals surface area contributed by atoms with Crippen molar-refractivity contribution in [3.63, 3.8) is 0 Å². The molecule has 0 saturated heterocycles. The smallest absolute Gasteiger partial charge is 0.252 e. The number of rotatable bonds is 12. The van der Waals surface area contributed by atoms with Gasteiger partial charge in [0.25, 0.3) is 5.91 Å². The molecule has 1 aliphatic heterocycles. The quantitative estimate of drug-likeness (QED) is 0.144. The lowest BCUT2D eigenvalue weighted by atomic mass is 9.45. The van der Waals surface area contributed by atoms with Crippen LogP contribution in [0.4, 0.5) is 4.39 Å². The molecule has 2 heterocycles. The molecule has 5 aliphatic rings. The molecule has 4 fully saturated rings. The number of nitrogens with one attached hydrogen (secondary N) is 3. The summed E-state index contributed by atoms with van der Waals surface area (Å²) in [5.74, 6) is 2.58. The van der Waals surface area contributed by atoms with Gasteiger partial charge in [0.1, 0.15) is 5.82 Å². The molecule has 8 atom stereocenters. The highest BCUT2D eigenvalue weighted by molar-refractivity contribution is 6.10. The molecule has 276 valence electrons. The van der Waals surface area contributed by atoms with Gasteiger partial charge in [-0.25, -0.2) is 4.39 Å². The molecule has 8 heteroatoms. The second-order valence-electron chi connectivity index (χ2n) is 17.1. The van der Waals surface area contributed by atoms with Crippen molar-refractivity contribution in [2.45, 2.75) is 110 Å². The normalized spacial score (nSPS) is 33.0. The average molecular weight is 700 g/mol. The first-order valence-corrected chi connectivity index (χ1v) is 20.0. The van der Waals surface area contributed by atoms with E-state index in [2.05, 4.69) is 53.7 Å². The van der Waals surface area contributed by atoms with Crippen LogP contribution in [0.2, 0.25) is 0 Å². The summed E-state index contributed by atoms with van der Waals surface area (Å²) in [6.07, 6.45) is 14.1. The second-order valence-corrected chi connectivity index (χ2v) is 17.1. The molecule has 7 nitrogen and oxygen atoms in total. The molecule has 2 aromatic carbocycles. The molecule has 1 aromatic heterocycles. The number of aromatic nitrogens is 1. The van der Waals surface area contributed by atoms with Crippen molar-refractivity contribution < 1.29 is 23.8 Å². The van der Waals surface area contributed by atoms with E-state index in [4.69, 9.17) is 9.47 Å². The van der Waals surface area contributed by atoms with E-state index in [1.54, 1.807) is 0 Å². The number of benzene rings is 2. The Kier molecular flexibility index (Phi) is 10.1. The van der Waals surface area contributed by atoms with Crippen LogP contribution in [0.15, 0.2) is 36.4 Å². The van der Waals surface area contributed by atoms with Gasteiger partial charge in [0.2, 0.25) is 0 Å². The SMILES string of the molecule is C[C@]12CCC(O)C[C@@H]1CC[C@@H]1[C@@H]2CC[C@]2(C)[C@@H](OCCCOCCCNCc3ccc(-c4[nH]c5cc(F)cc6c5c4CCNC6=O)cc3)CC[C@@H]12. The number of halogens is 1. The van der Waals surface area contributed by atoms with Crippen molar-refractivity contribution in [3.05, 3.63) is 58.9 Å². The third kappa shape index (κ3) is 6.68. The Morgan fingerprint density at radius 1 is 0.941 bits per heavy atom. The number of aliphatic hydroxyl groups excluding tert-OH is 1. The van der Waals surface area contributed by atoms with Crippen LogP contribution < -0.4 is 10.6 Å². The van der Waals surface area contributed by atoms with Crippen LogP contribution in [0.25, 0.3) is 22.2 Å². The summed E-state index contributed by atoms with van der Waals surface area (Å²) < 4.78 is 26.9. The van der Waals surface area contributed by atoms with Gasteiger partial charge in [0.05, 0.1) is 17.8 Å². The fraction of sp³-hybridized carbons (Fsp3) is 0.651. The van der Waals surface area contributed by atoms with E-state index in [0.717, 1.165) is 104 Å². The fourth-order valence-electron chi connectivity index (χ4n) is 11.7. The Balaban J connectivity index is 0.730. The minimum Gasteiger partial charge on any atom is -0.393 e. The lowest BCUT2D eigenvalue weighted by Gasteiger charge is -2.60. The summed E-state index contributed by atoms with van der Waals surface area (Å²) in [7, 11) is 0. The zero-order valence-electron chi connectivity index (χ0n) is 30.7. The van der Waals surface area contributed by atoms with E-state index in [1.807, 2.05) is 0 Å². The fourth-order valence-corrected chi connectivity index (χ4v) is 11.7. The lowest BCUT2D eigenvalue weighted by molar-refractivity contribution is -0.141. The van der Waals surface area contributed by atoms with E-state index < -0.39 is 5.82 Å². The Bertz CT molecular complexity index is 1710. The van der Waals surface area contributed by atoms with Gasteiger partial charge in [-0.05, 0) is 147 Å². The van der Waals surface area contributed by atoms with Gasteiger partial charge < -0.3 is 30.2 Å². The number of aromatic amines is 1. The Morgan fingerprint density at radius 3 is 2.61 bits per heavy atom. The van der Waals surface area contributed by atoms with E-state index in [-0.39, 0.29) is 12.0 Å². The van der Waals surface area contributed by atoms with Gasteiger partial charge in [-0.15, -0.1) is 0 Å². The molecule has 8 rings (SSSR count). The number of fused-ring (bicyclic) bond motifs is 5. The summed E-state index contributed by atoms with van der Waals surface area (Å²) >= 11 is 0. The highest BCUT2D eigenvalue weighted by atomic mass is 19.1. The summed E-state index contributed by atoms with van der Waals surface area (Å²) in [5, 5.41) is 17.6. The molecule has 0 radical (unpaired) electrons. The maximum absolute atomic E-state index is 14.3. The predicted octanol–water partition coefficient (Wildman–Crippen LogP) is 7.94. The molecule has 0 spiro atoms. The zero-order valence-corrected chi connectivity index (χ0v) is 30.7. The number of aliphatic hydroxyl groups is 1. The van der Waals surface area contributed by atoms with Crippen molar-refractivity contribution >= 4 is 16.8 Å². The van der Waals surface area contributed by atoms with Crippen LogP contribution in [0.3, 0.4) is 0 Å². The predicted molar refractivity (Wildman–Crippen MR) is 199 cm³/mol. The topological polar surface area (TPSA) is 95.6 Å². The van der Waals surface area contributed by atoms with Gasteiger partial charge in [-0.1, -0.05) is 38.1 Å². The van der Waals surface area contributed by atoms with Crippen molar-refractivity contribution in [1.82, 2.24) is 15.6 Å². The molecule has 1 unspecified atom stereocenters. The number of carbonyl (C=O) groups excluding carboxylic acids is 1. The van der Waals surface area contributed by atoms with Gasteiger partial charge in [-0.3, -0.25) is 4.79 Å². The van der Waals surface area contributed by atoms with Crippen LogP contribution in [-0.2, 0) is 22.4 Å². The largest absolute Gasteiger partial charge is 0.393 e. The third-order valence-corrected chi connectivity index (χ3v) is 14.4.